The second-order valence-electron chi connectivity index (χ2n) is 6.33. The number of hydrogen-bond donors (Lipinski definition) is 2. The highest BCUT2D eigenvalue weighted by Gasteiger charge is 2.25. The maximum Gasteiger partial charge on any atom is 0.286 e. The molecule has 0 radical (unpaired) electrons. The van der Waals surface area contributed by atoms with Crippen molar-refractivity contribution in [3.05, 3.63) is 82.4 Å². The second-order valence-corrected chi connectivity index (χ2v) is 7.36. The van der Waals surface area contributed by atoms with Gasteiger partial charge in [0.05, 0.1) is 23.1 Å². The van der Waals surface area contributed by atoms with E-state index in [-0.39, 0.29) is 10.7 Å². The molecule has 1 aliphatic heterocycles. The number of fused-ring (bicyclic) bond motifs is 1. The molecule has 0 aliphatic carbocycles. The monoisotopic (exact) mass is 411 g/mol. The summed E-state index contributed by atoms with van der Waals surface area (Å²) in [6.07, 6.45) is 3.42. The number of rotatable bonds is 4. The van der Waals surface area contributed by atoms with E-state index in [2.05, 4.69) is 15.3 Å². The van der Waals surface area contributed by atoms with Crippen LogP contribution in [0.15, 0.2) is 64.6 Å². The largest absolute Gasteiger partial charge is 0.394 e. The number of carbonyl (C=O) groups excluding carboxylic acids is 1. The van der Waals surface area contributed by atoms with Crippen molar-refractivity contribution in [2.24, 2.45) is 4.99 Å². The van der Waals surface area contributed by atoms with Gasteiger partial charge in [0.25, 0.3) is 5.91 Å². The topological polar surface area (TPSA) is 74.6 Å². The molecular weight excluding hydrogens is 396 g/mol. The lowest BCUT2D eigenvalue weighted by molar-refractivity contribution is -0.113. The van der Waals surface area contributed by atoms with E-state index in [1.54, 1.807) is 12.3 Å². The van der Waals surface area contributed by atoms with Crippen LogP contribution in [0, 0.1) is 11.6 Å². The van der Waals surface area contributed by atoms with Gasteiger partial charge in [-0.25, -0.2) is 8.78 Å². The third-order valence-corrected chi connectivity index (χ3v) is 5.28. The molecule has 3 aromatic rings. The Hall–Kier alpha value is -3.10. The van der Waals surface area contributed by atoms with Crippen molar-refractivity contribution in [3.8, 4) is 0 Å². The Morgan fingerprint density at radius 1 is 1.17 bits per heavy atom. The number of aliphatic hydroxyl groups excluding tert-OH is 1. The first-order valence-corrected chi connectivity index (χ1v) is 9.55. The number of nitrogens with zero attached hydrogens (tertiary/aromatic N) is 2. The van der Waals surface area contributed by atoms with Crippen LogP contribution >= 0.6 is 11.8 Å². The van der Waals surface area contributed by atoms with Gasteiger partial charge in [0.2, 0.25) is 0 Å². The molecule has 2 heterocycles. The zero-order valence-corrected chi connectivity index (χ0v) is 15.8. The van der Waals surface area contributed by atoms with Crippen LogP contribution in [0.3, 0.4) is 0 Å². The molecule has 4 rings (SSSR count). The third-order valence-electron chi connectivity index (χ3n) is 4.36. The third kappa shape index (κ3) is 4.18. The van der Waals surface area contributed by atoms with Crippen LogP contribution in [0.1, 0.15) is 17.2 Å². The fraction of sp³-hybridized carbons (Fsp3) is 0.0952. The molecule has 0 fully saturated rings. The van der Waals surface area contributed by atoms with Crippen LogP contribution in [0.25, 0.3) is 17.0 Å². The van der Waals surface area contributed by atoms with Crippen molar-refractivity contribution in [3.63, 3.8) is 0 Å². The minimum atomic E-state index is -0.860. The Balaban J connectivity index is 1.52. The average Bonchev–Trinajstić information content (AvgIpc) is 3.05. The zero-order valence-electron chi connectivity index (χ0n) is 15.0. The summed E-state index contributed by atoms with van der Waals surface area (Å²) in [4.78, 5) is 20.8. The van der Waals surface area contributed by atoms with Gasteiger partial charge in [-0.2, -0.15) is 4.99 Å². The van der Waals surface area contributed by atoms with E-state index in [1.165, 1.54) is 6.07 Å². The van der Waals surface area contributed by atoms with E-state index in [0.29, 0.717) is 4.91 Å². The van der Waals surface area contributed by atoms with Gasteiger partial charge in [-0.05, 0) is 47.7 Å². The Kier molecular flexibility index (Phi) is 5.37. The first-order valence-electron chi connectivity index (χ1n) is 8.73. The molecule has 0 bridgehead atoms. The molecule has 8 heteroatoms. The van der Waals surface area contributed by atoms with Gasteiger partial charge >= 0.3 is 0 Å². The quantitative estimate of drug-likeness (QED) is 0.639. The van der Waals surface area contributed by atoms with Gasteiger partial charge in [-0.15, -0.1) is 0 Å². The molecule has 0 spiro atoms. The SMILES string of the molecule is O=C1N=C(NC(CO)c2ccc(F)cc2F)S/C1=C\c1ccc2ncccc2c1. The van der Waals surface area contributed by atoms with Crippen molar-refractivity contribution in [1.82, 2.24) is 10.3 Å². The highest BCUT2D eigenvalue weighted by atomic mass is 32.2. The number of hydrogen-bond acceptors (Lipinski definition) is 5. The molecule has 1 amide bonds. The lowest BCUT2D eigenvalue weighted by Crippen LogP contribution is -2.28. The number of benzene rings is 2. The van der Waals surface area contributed by atoms with E-state index in [1.807, 2.05) is 30.3 Å². The van der Waals surface area contributed by atoms with Crippen molar-refractivity contribution in [1.29, 1.82) is 0 Å². The fourth-order valence-electron chi connectivity index (χ4n) is 2.96. The van der Waals surface area contributed by atoms with Crippen molar-refractivity contribution in [2.75, 3.05) is 6.61 Å². The Morgan fingerprint density at radius 3 is 2.83 bits per heavy atom. The molecule has 5 nitrogen and oxygen atoms in total. The van der Waals surface area contributed by atoms with E-state index in [4.69, 9.17) is 0 Å². The van der Waals surface area contributed by atoms with Gasteiger partial charge in [-0.3, -0.25) is 9.78 Å². The van der Waals surface area contributed by atoms with Gasteiger partial charge in [0, 0.05) is 23.2 Å². The highest BCUT2D eigenvalue weighted by Crippen LogP contribution is 2.30. The number of aliphatic hydroxyl groups is 1. The summed E-state index contributed by atoms with van der Waals surface area (Å²) in [5, 5.41) is 13.6. The average molecular weight is 411 g/mol. The van der Waals surface area contributed by atoms with Crippen LogP contribution in [-0.4, -0.2) is 27.8 Å². The van der Waals surface area contributed by atoms with Crippen molar-refractivity contribution < 1.29 is 18.7 Å². The van der Waals surface area contributed by atoms with E-state index < -0.39 is 30.2 Å². The molecule has 2 N–H and O–H groups in total. The predicted octanol–water partition coefficient (Wildman–Crippen LogP) is 3.81. The number of amides is 1. The molecule has 1 aromatic heterocycles. The zero-order chi connectivity index (χ0) is 20.4. The van der Waals surface area contributed by atoms with Crippen LogP contribution in [-0.2, 0) is 4.79 Å². The second kappa shape index (κ2) is 8.10. The first-order chi connectivity index (χ1) is 14.0. The highest BCUT2D eigenvalue weighted by molar-refractivity contribution is 8.18. The summed E-state index contributed by atoms with van der Waals surface area (Å²) in [5.41, 5.74) is 1.76. The van der Waals surface area contributed by atoms with Gasteiger partial charge < -0.3 is 10.4 Å². The van der Waals surface area contributed by atoms with E-state index in [9.17, 15) is 18.7 Å². The van der Waals surface area contributed by atoms with E-state index >= 15 is 0 Å². The summed E-state index contributed by atoms with van der Waals surface area (Å²) in [6.45, 7) is -0.451. The number of nitrogens with one attached hydrogen (secondary N) is 1. The van der Waals surface area contributed by atoms with Crippen molar-refractivity contribution >= 4 is 39.8 Å². The van der Waals surface area contributed by atoms with Gasteiger partial charge in [0.1, 0.15) is 11.6 Å². The van der Waals surface area contributed by atoms with Gasteiger partial charge in [-0.1, -0.05) is 18.2 Å². The summed E-state index contributed by atoms with van der Waals surface area (Å²) in [7, 11) is 0. The minimum Gasteiger partial charge on any atom is -0.394 e. The van der Waals surface area contributed by atoms with Crippen molar-refractivity contribution in [2.45, 2.75) is 6.04 Å². The molecule has 29 heavy (non-hydrogen) atoms. The van der Waals surface area contributed by atoms with Crippen LogP contribution in [0.5, 0.6) is 0 Å². The molecule has 0 saturated heterocycles. The summed E-state index contributed by atoms with van der Waals surface area (Å²) in [6, 6.07) is 11.6. The molecule has 1 unspecified atom stereocenters. The van der Waals surface area contributed by atoms with Gasteiger partial charge in [0.15, 0.2) is 5.17 Å². The summed E-state index contributed by atoms with van der Waals surface area (Å²) < 4.78 is 27.1. The number of pyridine rings is 1. The number of aromatic nitrogens is 1. The molecular formula is C21H15F2N3O2S. The number of halogens is 2. The maximum absolute atomic E-state index is 14.0. The van der Waals surface area contributed by atoms with Crippen LogP contribution in [0.2, 0.25) is 0 Å². The standard InChI is InChI=1S/C21H15F2N3O2S/c22-14-4-5-15(16(23)10-14)18(11-27)25-21-26-20(28)19(29-21)9-12-3-6-17-13(8-12)2-1-7-24-17/h1-10,18,27H,11H2,(H,25,26,28)/b19-9-. The molecule has 1 atom stereocenters. The number of amidine groups is 1. The number of aliphatic imine (C=N–C) groups is 1. The van der Waals surface area contributed by atoms with Crippen LogP contribution < -0.4 is 5.32 Å². The minimum absolute atomic E-state index is 0.0871. The predicted molar refractivity (Wildman–Crippen MR) is 109 cm³/mol. The fourth-order valence-corrected chi connectivity index (χ4v) is 3.83. The Bertz CT molecular complexity index is 1160. The summed E-state index contributed by atoms with van der Waals surface area (Å²) >= 11 is 1.09. The smallest absolute Gasteiger partial charge is 0.286 e. The lowest BCUT2D eigenvalue weighted by Gasteiger charge is -2.17. The summed E-state index contributed by atoms with van der Waals surface area (Å²) in [5.74, 6) is -1.92. The molecule has 1 aliphatic rings. The normalized spacial score (nSPS) is 16.3. The number of carbonyl (C=O) groups is 1. The first kappa shape index (κ1) is 19.2. The Morgan fingerprint density at radius 2 is 2.03 bits per heavy atom. The Labute approximate surface area is 169 Å². The van der Waals surface area contributed by atoms with Crippen LogP contribution in [0.4, 0.5) is 8.78 Å². The lowest BCUT2D eigenvalue weighted by atomic mass is 10.1. The maximum atomic E-state index is 14.0. The molecule has 0 saturated carbocycles. The molecule has 2 aromatic carbocycles. The molecule has 146 valence electrons. The number of thioether (sulfide) groups is 1. The van der Waals surface area contributed by atoms with E-state index in [0.717, 1.165) is 40.4 Å².